The van der Waals surface area contributed by atoms with Crippen molar-refractivity contribution < 1.29 is 19.7 Å². The number of aromatic nitrogens is 2. The molecule has 0 aliphatic rings. The van der Waals surface area contributed by atoms with E-state index in [1.165, 1.54) is 11.8 Å². The first-order valence-electron chi connectivity index (χ1n) is 7.50. The van der Waals surface area contributed by atoms with E-state index in [9.17, 15) is 15.0 Å². The molecule has 7 nitrogen and oxygen atoms in total. The molecule has 1 aromatic carbocycles. The average Bonchev–Trinajstić information content (AvgIpc) is 2.64. The molecule has 1 amide bonds. The van der Waals surface area contributed by atoms with Gasteiger partial charge >= 0.3 is 6.09 Å². The summed E-state index contributed by atoms with van der Waals surface area (Å²) in [5, 5.41) is 22.9. The van der Waals surface area contributed by atoms with Crippen LogP contribution in [0.25, 0.3) is 0 Å². The van der Waals surface area contributed by atoms with E-state index in [1.54, 1.807) is 6.26 Å². The number of benzene rings is 1. The number of alkyl carbamates (subject to hydrolysis) is 1. The van der Waals surface area contributed by atoms with E-state index in [2.05, 4.69) is 15.3 Å². The van der Waals surface area contributed by atoms with Gasteiger partial charge in [0.05, 0.1) is 5.56 Å². The van der Waals surface area contributed by atoms with E-state index in [-0.39, 0.29) is 29.0 Å². The van der Waals surface area contributed by atoms with E-state index in [1.807, 2.05) is 30.3 Å². The first-order valence-corrected chi connectivity index (χ1v) is 9.48. The van der Waals surface area contributed by atoms with E-state index >= 15 is 0 Å². The standard InChI is InChI=1S/C16H17Cl2N3O4S/c1-26-15-20-13(17)11(14(18)21-15)12(23)10(22)7-19-16(24)25-8-9-5-3-2-4-6-9/h2-6,10,12,22-23H,7-8H2,1H3,(H,19,24). The van der Waals surface area contributed by atoms with Crippen LogP contribution in [0.2, 0.25) is 10.3 Å². The third-order valence-electron chi connectivity index (χ3n) is 3.34. The molecule has 2 aromatic rings. The van der Waals surface area contributed by atoms with Crippen LogP contribution in [0.4, 0.5) is 4.79 Å². The van der Waals surface area contributed by atoms with Gasteiger partial charge in [0.15, 0.2) is 5.16 Å². The summed E-state index contributed by atoms with van der Waals surface area (Å²) in [4.78, 5) is 19.6. The molecule has 2 rings (SSSR count). The first-order chi connectivity index (χ1) is 12.4. The van der Waals surface area contributed by atoms with Crippen molar-refractivity contribution in [2.75, 3.05) is 12.8 Å². The zero-order valence-corrected chi connectivity index (χ0v) is 16.1. The van der Waals surface area contributed by atoms with Gasteiger partial charge in [-0.2, -0.15) is 0 Å². The number of aliphatic hydroxyl groups is 2. The molecule has 0 fully saturated rings. The van der Waals surface area contributed by atoms with Crippen LogP contribution >= 0.6 is 35.0 Å². The fourth-order valence-electron chi connectivity index (χ4n) is 2.00. The Kier molecular flexibility index (Phi) is 7.92. The minimum Gasteiger partial charge on any atom is -0.445 e. The van der Waals surface area contributed by atoms with Crippen molar-refractivity contribution in [3.63, 3.8) is 0 Å². The van der Waals surface area contributed by atoms with Crippen LogP contribution < -0.4 is 5.32 Å². The van der Waals surface area contributed by atoms with Gasteiger partial charge < -0.3 is 20.3 Å². The number of ether oxygens (including phenoxy) is 1. The van der Waals surface area contributed by atoms with Crippen molar-refractivity contribution in [1.82, 2.24) is 15.3 Å². The monoisotopic (exact) mass is 417 g/mol. The molecule has 3 N–H and O–H groups in total. The molecule has 0 radical (unpaired) electrons. The van der Waals surface area contributed by atoms with Crippen molar-refractivity contribution in [2.24, 2.45) is 0 Å². The maximum absolute atomic E-state index is 11.7. The summed E-state index contributed by atoms with van der Waals surface area (Å²) in [6.07, 6.45) is -1.83. The number of thioether (sulfide) groups is 1. The highest BCUT2D eigenvalue weighted by Gasteiger charge is 2.26. The number of rotatable bonds is 7. The molecule has 0 saturated carbocycles. The Morgan fingerprint density at radius 2 is 1.85 bits per heavy atom. The Morgan fingerprint density at radius 3 is 2.42 bits per heavy atom. The minimum absolute atomic E-state index is 0.00177. The van der Waals surface area contributed by atoms with Crippen LogP contribution in [0.15, 0.2) is 35.5 Å². The lowest BCUT2D eigenvalue weighted by atomic mass is 10.1. The molecular formula is C16H17Cl2N3O4S. The summed E-state index contributed by atoms with van der Waals surface area (Å²) < 4.78 is 5.02. The normalized spacial score (nSPS) is 13.1. The number of nitrogens with zero attached hydrogens (tertiary/aromatic N) is 2. The number of amides is 1. The third kappa shape index (κ3) is 5.72. The van der Waals surface area contributed by atoms with Gasteiger partial charge in [0.2, 0.25) is 0 Å². The highest BCUT2D eigenvalue weighted by Crippen LogP contribution is 2.31. The lowest BCUT2D eigenvalue weighted by molar-refractivity contribution is 0.0180. The van der Waals surface area contributed by atoms with Gasteiger partial charge in [-0.1, -0.05) is 65.3 Å². The van der Waals surface area contributed by atoms with Crippen LogP contribution in [-0.4, -0.2) is 45.2 Å². The maximum Gasteiger partial charge on any atom is 0.407 e. The molecule has 140 valence electrons. The molecule has 0 aliphatic carbocycles. The number of hydrogen-bond donors (Lipinski definition) is 3. The smallest absolute Gasteiger partial charge is 0.407 e. The number of carbonyl (C=O) groups is 1. The predicted octanol–water partition coefficient (Wildman–Crippen LogP) is 2.83. The zero-order valence-electron chi connectivity index (χ0n) is 13.7. The Bertz CT molecular complexity index is 729. The predicted molar refractivity (Wildman–Crippen MR) is 99.4 cm³/mol. The zero-order chi connectivity index (χ0) is 19.1. The van der Waals surface area contributed by atoms with Crippen molar-refractivity contribution in [3.05, 3.63) is 51.8 Å². The Labute approximate surface area is 164 Å². The van der Waals surface area contributed by atoms with Crippen LogP contribution in [0.3, 0.4) is 0 Å². The van der Waals surface area contributed by atoms with Crippen LogP contribution in [0.5, 0.6) is 0 Å². The molecule has 10 heteroatoms. The fourth-order valence-corrected chi connectivity index (χ4v) is 3.08. The van der Waals surface area contributed by atoms with Gasteiger partial charge in [0.25, 0.3) is 0 Å². The lowest BCUT2D eigenvalue weighted by Gasteiger charge is -2.20. The number of nitrogens with one attached hydrogen (secondary N) is 1. The van der Waals surface area contributed by atoms with Crippen molar-refractivity contribution in [2.45, 2.75) is 24.0 Å². The SMILES string of the molecule is CSc1nc(Cl)c(C(O)C(O)CNC(=O)OCc2ccccc2)c(Cl)n1. The minimum atomic E-state index is -1.47. The molecule has 2 atom stereocenters. The van der Waals surface area contributed by atoms with Crippen LogP contribution in [-0.2, 0) is 11.3 Å². The first kappa shape index (κ1) is 20.7. The number of hydrogen-bond acceptors (Lipinski definition) is 7. The lowest BCUT2D eigenvalue weighted by Crippen LogP contribution is -2.36. The number of halogens is 2. The van der Waals surface area contributed by atoms with E-state index in [0.717, 1.165) is 5.56 Å². The van der Waals surface area contributed by atoms with Gasteiger partial charge in [-0.25, -0.2) is 14.8 Å². The van der Waals surface area contributed by atoms with Crippen molar-refractivity contribution >= 4 is 41.1 Å². The number of aliphatic hydroxyl groups excluding tert-OH is 2. The molecular weight excluding hydrogens is 401 g/mol. The summed E-state index contributed by atoms with van der Waals surface area (Å²) in [5.74, 6) is 0. The molecule has 1 heterocycles. The second-order valence-corrected chi connectivity index (χ2v) is 6.65. The summed E-state index contributed by atoms with van der Waals surface area (Å²) in [6.45, 7) is -0.182. The summed E-state index contributed by atoms with van der Waals surface area (Å²) in [7, 11) is 0. The van der Waals surface area contributed by atoms with Gasteiger partial charge in [0.1, 0.15) is 29.1 Å². The largest absolute Gasteiger partial charge is 0.445 e. The quantitative estimate of drug-likeness (QED) is 0.361. The highest BCUT2D eigenvalue weighted by atomic mass is 35.5. The van der Waals surface area contributed by atoms with Gasteiger partial charge in [-0.05, 0) is 11.8 Å². The van der Waals surface area contributed by atoms with Crippen molar-refractivity contribution in [3.8, 4) is 0 Å². The molecule has 0 saturated heterocycles. The molecule has 0 bridgehead atoms. The summed E-state index contributed by atoms with van der Waals surface area (Å²) >= 11 is 13.2. The molecule has 0 spiro atoms. The molecule has 26 heavy (non-hydrogen) atoms. The molecule has 2 unspecified atom stereocenters. The Balaban J connectivity index is 1.89. The Morgan fingerprint density at radius 1 is 1.23 bits per heavy atom. The second kappa shape index (κ2) is 9.94. The third-order valence-corrected chi connectivity index (χ3v) is 4.47. The Hall–Kier alpha value is -1.58. The van der Waals surface area contributed by atoms with Gasteiger partial charge in [-0.3, -0.25) is 0 Å². The van der Waals surface area contributed by atoms with Crippen LogP contribution in [0.1, 0.15) is 17.2 Å². The second-order valence-electron chi connectivity index (χ2n) is 5.16. The topological polar surface area (TPSA) is 105 Å². The highest BCUT2D eigenvalue weighted by molar-refractivity contribution is 7.98. The molecule has 1 aromatic heterocycles. The van der Waals surface area contributed by atoms with Gasteiger partial charge in [0, 0.05) is 6.54 Å². The van der Waals surface area contributed by atoms with Crippen LogP contribution in [0, 0.1) is 0 Å². The average molecular weight is 418 g/mol. The molecule has 0 aliphatic heterocycles. The summed E-state index contributed by atoms with van der Waals surface area (Å²) in [6, 6.07) is 9.14. The fraction of sp³-hybridized carbons (Fsp3) is 0.312. The van der Waals surface area contributed by atoms with E-state index in [0.29, 0.717) is 5.16 Å². The van der Waals surface area contributed by atoms with Crippen molar-refractivity contribution in [1.29, 1.82) is 0 Å². The van der Waals surface area contributed by atoms with E-state index < -0.39 is 18.3 Å². The number of carbonyl (C=O) groups excluding carboxylic acids is 1. The summed E-state index contributed by atoms with van der Waals surface area (Å²) in [5.41, 5.74) is 0.825. The maximum atomic E-state index is 11.7. The van der Waals surface area contributed by atoms with E-state index in [4.69, 9.17) is 27.9 Å². The van der Waals surface area contributed by atoms with Gasteiger partial charge in [-0.15, -0.1) is 0 Å².